The van der Waals surface area contributed by atoms with E-state index in [0.717, 1.165) is 39.1 Å². The Balaban J connectivity index is 1.72. The Kier molecular flexibility index (Phi) is 4.11. The third-order valence-electron chi connectivity index (χ3n) is 4.69. The van der Waals surface area contributed by atoms with Gasteiger partial charge in [-0.25, -0.2) is 15.0 Å². The van der Waals surface area contributed by atoms with Gasteiger partial charge in [-0.2, -0.15) is 0 Å². The van der Waals surface area contributed by atoms with Gasteiger partial charge < -0.3 is 0 Å². The molecule has 0 amide bonds. The number of para-hydroxylation sites is 1. The van der Waals surface area contributed by atoms with Gasteiger partial charge in [0.25, 0.3) is 0 Å². The Bertz CT molecular complexity index is 1190. The molecule has 0 saturated heterocycles. The molecule has 0 radical (unpaired) electrons. The molecule has 0 bridgehead atoms. The maximum atomic E-state index is 4.83. The minimum absolute atomic E-state index is 0.631. The van der Waals surface area contributed by atoms with Gasteiger partial charge in [0.05, 0.1) is 16.9 Å². The molecule has 0 aliphatic heterocycles. The van der Waals surface area contributed by atoms with Crippen LogP contribution in [-0.4, -0.2) is 15.0 Å². The molecule has 0 atom stereocenters. The smallest absolute Gasteiger partial charge is 0.179 e. The second kappa shape index (κ2) is 7.05. The standard InChI is InChI=1S/C25H17N3/c1-3-9-18(10-4-1)23-17-24(19-11-5-2-6-12-19)28-25(27-23)22-16-15-20-13-7-8-14-21(20)26-22/h1-17H. The van der Waals surface area contributed by atoms with Crippen LogP contribution in [0.2, 0.25) is 0 Å². The number of pyridine rings is 1. The van der Waals surface area contributed by atoms with Crippen molar-refractivity contribution < 1.29 is 0 Å². The predicted molar refractivity (Wildman–Crippen MR) is 114 cm³/mol. The highest BCUT2D eigenvalue weighted by atomic mass is 14.9. The Hall–Kier alpha value is -3.85. The van der Waals surface area contributed by atoms with E-state index in [-0.39, 0.29) is 0 Å². The second-order valence-electron chi connectivity index (χ2n) is 6.58. The third-order valence-corrected chi connectivity index (χ3v) is 4.69. The first-order valence-corrected chi connectivity index (χ1v) is 9.23. The lowest BCUT2D eigenvalue weighted by molar-refractivity contribution is 1.16. The molecule has 3 nitrogen and oxygen atoms in total. The monoisotopic (exact) mass is 359 g/mol. The van der Waals surface area contributed by atoms with Gasteiger partial charge in [0, 0.05) is 16.5 Å². The Labute approximate surface area is 163 Å². The molecule has 2 aromatic heterocycles. The van der Waals surface area contributed by atoms with Crippen molar-refractivity contribution in [2.24, 2.45) is 0 Å². The highest BCUT2D eigenvalue weighted by Gasteiger charge is 2.11. The van der Waals surface area contributed by atoms with Crippen LogP contribution >= 0.6 is 0 Å². The van der Waals surface area contributed by atoms with E-state index >= 15 is 0 Å². The molecule has 132 valence electrons. The third kappa shape index (κ3) is 3.14. The summed E-state index contributed by atoms with van der Waals surface area (Å²) < 4.78 is 0. The Morgan fingerprint density at radius 2 is 1.00 bits per heavy atom. The van der Waals surface area contributed by atoms with Crippen LogP contribution in [0, 0.1) is 0 Å². The van der Waals surface area contributed by atoms with E-state index in [1.54, 1.807) is 0 Å². The Morgan fingerprint density at radius 3 is 1.64 bits per heavy atom. The Morgan fingerprint density at radius 1 is 0.429 bits per heavy atom. The maximum Gasteiger partial charge on any atom is 0.179 e. The molecule has 2 heterocycles. The highest BCUT2D eigenvalue weighted by molar-refractivity contribution is 5.81. The molecule has 0 aliphatic rings. The average Bonchev–Trinajstić information content (AvgIpc) is 2.79. The fourth-order valence-electron chi connectivity index (χ4n) is 3.27. The van der Waals surface area contributed by atoms with Gasteiger partial charge in [-0.15, -0.1) is 0 Å². The van der Waals surface area contributed by atoms with E-state index in [2.05, 4.69) is 36.4 Å². The number of rotatable bonds is 3. The summed E-state index contributed by atoms with van der Waals surface area (Å²) in [6.07, 6.45) is 0. The van der Waals surface area contributed by atoms with Gasteiger partial charge >= 0.3 is 0 Å². The molecule has 0 fully saturated rings. The molecule has 3 aromatic carbocycles. The topological polar surface area (TPSA) is 38.7 Å². The fourth-order valence-corrected chi connectivity index (χ4v) is 3.27. The summed E-state index contributed by atoms with van der Waals surface area (Å²) in [6.45, 7) is 0. The molecule has 0 unspecified atom stereocenters. The molecular formula is C25H17N3. The SMILES string of the molecule is c1ccc(-c2cc(-c3ccccc3)nc(-c3ccc4ccccc4n3)n2)cc1. The number of hydrogen-bond donors (Lipinski definition) is 0. The number of hydrogen-bond acceptors (Lipinski definition) is 3. The first-order chi connectivity index (χ1) is 13.9. The number of fused-ring (bicyclic) bond motifs is 1. The van der Waals surface area contributed by atoms with Crippen molar-refractivity contribution in [2.75, 3.05) is 0 Å². The van der Waals surface area contributed by atoms with Crippen molar-refractivity contribution in [1.82, 2.24) is 15.0 Å². The van der Waals surface area contributed by atoms with E-state index in [1.807, 2.05) is 66.7 Å². The van der Waals surface area contributed by atoms with Crippen molar-refractivity contribution in [3.63, 3.8) is 0 Å². The zero-order valence-corrected chi connectivity index (χ0v) is 15.2. The van der Waals surface area contributed by atoms with Crippen LogP contribution in [0.4, 0.5) is 0 Å². The first kappa shape index (κ1) is 16.3. The van der Waals surface area contributed by atoms with Crippen LogP contribution in [0.25, 0.3) is 44.9 Å². The van der Waals surface area contributed by atoms with Crippen LogP contribution in [0.5, 0.6) is 0 Å². The number of nitrogens with zero attached hydrogens (tertiary/aromatic N) is 3. The first-order valence-electron chi connectivity index (χ1n) is 9.23. The molecule has 0 saturated carbocycles. The van der Waals surface area contributed by atoms with Gasteiger partial charge in [0.15, 0.2) is 5.82 Å². The van der Waals surface area contributed by atoms with Crippen molar-refractivity contribution in [2.45, 2.75) is 0 Å². The quantitative estimate of drug-likeness (QED) is 0.395. The van der Waals surface area contributed by atoms with Gasteiger partial charge in [-0.3, -0.25) is 0 Å². The molecule has 0 N–H and O–H groups in total. The minimum Gasteiger partial charge on any atom is -0.244 e. The number of aromatic nitrogens is 3. The van der Waals surface area contributed by atoms with Crippen molar-refractivity contribution in [3.8, 4) is 34.0 Å². The van der Waals surface area contributed by atoms with E-state index < -0.39 is 0 Å². The van der Waals surface area contributed by atoms with Gasteiger partial charge in [0.1, 0.15) is 5.69 Å². The van der Waals surface area contributed by atoms with Crippen LogP contribution < -0.4 is 0 Å². The van der Waals surface area contributed by atoms with Crippen LogP contribution in [0.3, 0.4) is 0 Å². The molecule has 5 rings (SSSR count). The average molecular weight is 359 g/mol. The highest BCUT2D eigenvalue weighted by Crippen LogP contribution is 2.27. The van der Waals surface area contributed by atoms with Crippen molar-refractivity contribution in [3.05, 3.63) is 103 Å². The van der Waals surface area contributed by atoms with Crippen LogP contribution in [-0.2, 0) is 0 Å². The zero-order chi connectivity index (χ0) is 18.8. The van der Waals surface area contributed by atoms with E-state index in [9.17, 15) is 0 Å². The summed E-state index contributed by atoms with van der Waals surface area (Å²) in [6, 6.07) is 34.5. The minimum atomic E-state index is 0.631. The summed E-state index contributed by atoms with van der Waals surface area (Å²) in [5.41, 5.74) is 5.61. The lowest BCUT2D eigenvalue weighted by Gasteiger charge is -2.09. The maximum absolute atomic E-state index is 4.83. The second-order valence-corrected chi connectivity index (χ2v) is 6.58. The molecule has 5 aromatic rings. The van der Waals surface area contributed by atoms with Crippen LogP contribution in [0.15, 0.2) is 103 Å². The fraction of sp³-hybridized carbons (Fsp3) is 0. The molecule has 3 heteroatoms. The molecule has 0 aliphatic carbocycles. The van der Waals surface area contributed by atoms with Crippen molar-refractivity contribution >= 4 is 10.9 Å². The lowest BCUT2D eigenvalue weighted by atomic mass is 10.1. The largest absolute Gasteiger partial charge is 0.244 e. The van der Waals surface area contributed by atoms with Gasteiger partial charge in [0.2, 0.25) is 0 Å². The molecule has 0 spiro atoms. The van der Waals surface area contributed by atoms with E-state index in [0.29, 0.717) is 5.82 Å². The zero-order valence-electron chi connectivity index (χ0n) is 15.2. The van der Waals surface area contributed by atoms with Crippen LogP contribution in [0.1, 0.15) is 0 Å². The summed E-state index contributed by atoms with van der Waals surface area (Å²) >= 11 is 0. The summed E-state index contributed by atoms with van der Waals surface area (Å²) in [4.78, 5) is 14.5. The van der Waals surface area contributed by atoms with Gasteiger partial charge in [-0.05, 0) is 18.2 Å². The lowest BCUT2D eigenvalue weighted by Crippen LogP contribution is -1.97. The van der Waals surface area contributed by atoms with Crippen molar-refractivity contribution in [1.29, 1.82) is 0 Å². The van der Waals surface area contributed by atoms with E-state index in [1.165, 1.54) is 0 Å². The van der Waals surface area contributed by atoms with Gasteiger partial charge in [-0.1, -0.05) is 84.9 Å². The predicted octanol–water partition coefficient (Wildman–Crippen LogP) is 6.03. The summed E-state index contributed by atoms with van der Waals surface area (Å²) in [5, 5.41) is 1.11. The molecular weight excluding hydrogens is 342 g/mol. The number of benzene rings is 3. The molecule has 28 heavy (non-hydrogen) atoms. The normalized spacial score (nSPS) is 10.9. The summed E-state index contributed by atoms with van der Waals surface area (Å²) in [7, 11) is 0. The summed E-state index contributed by atoms with van der Waals surface area (Å²) in [5.74, 6) is 0.631. The van der Waals surface area contributed by atoms with E-state index in [4.69, 9.17) is 15.0 Å².